The highest BCUT2D eigenvalue weighted by atomic mass is 16.5. The Morgan fingerprint density at radius 3 is 2.44 bits per heavy atom. The molecule has 1 aliphatic carbocycles. The minimum Gasteiger partial charge on any atom is -0.464 e. The fourth-order valence-corrected chi connectivity index (χ4v) is 1.93. The molecule has 16 heavy (non-hydrogen) atoms. The summed E-state index contributed by atoms with van der Waals surface area (Å²) >= 11 is 0. The fourth-order valence-electron chi connectivity index (χ4n) is 1.93. The van der Waals surface area contributed by atoms with E-state index >= 15 is 0 Å². The van der Waals surface area contributed by atoms with E-state index in [0.717, 1.165) is 37.1 Å². The summed E-state index contributed by atoms with van der Waals surface area (Å²) in [7, 11) is 1.31. The van der Waals surface area contributed by atoms with Gasteiger partial charge in [-0.2, -0.15) is 0 Å². The van der Waals surface area contributed by atoms with Gasteiger partial charge in [0.05, 0.1) is 18.5 Å². The van der Waals surface area contributed by atoms with Crippen LogP contribution in [0.15, 0.2) is 0 Å². The van der Waals surface area contributed by atoms with E-state index in [9.17, 15) is 4.79 Å². The maximum Gasteiger partial charge on any atom is 0.360 e. The van der Waals surface area contributed by atoms with Crippen LogP contribution in [0.5, 0.6) is 0 Å². The minimum atomic E-state index is -0.517. The lowest BCUT2D eigenvalue weighted by atomic mass is 10.2. The molecule has 0 bridgehead atoms. The molecular weight excluding hydrogens is 206 g/mol. The van der Waals surface area contributed by atoms with E-state index in [1.54, 1.807) is 0 Å². The summed E-state index contributed by atoms with van der Waals surface area (Å²) < 4.78 is 4.62. The largest absolute Gasteiger partial charge is 0.464 e. The number of nitrogens with two attached hydrogens (primary N) is 1. The van der Waals surface area contributed by atoms with Crippen LogP contribution in [0.1, 0.15) is 41.1 Å². The Morgan fingerprint density at radius 1 is 1.19 bits per heavy atom. The quantitative estimate of drug-likeness (QED) is 0.567. The molecule has 0 saturated heterocycles. The van der Waals surface area contributed by atoms with Crippen molar-refractivity contribution in [2.75, 3.05) is 12.8 Å². The summed E-state index contributed by atoms with van der Waals surface area (Å²) in [6.07, 6.45) is 5.14. The molecule has 0 fully saturated rings. The molecule has 0 atom stereocenters. The van der Waals surface area contributed by atoms with Crippen LogP contribution in [0.2, 0.25) is 0 Å². The normalized spacial score (nSPS) is 15.1. The molecule has 0 aliphatic heterocycles. The third kappa shape index (κ3) is 1.98. The Labute approximate surface area is 94.0 Å². The number of rotatable bonds is 1. The van der Waals surface area contributed by atoms with Gasteiger partial charge < -0.3 is 10.5 Å². The van der Waals surface area contributed by atoms with E-state index in [-0.39, 0.29) is 11.5 Å². The molecule has 1 aromatic heterocycles. The van der Waals surface area contributed by atoms with E-state index in [1.165, 1.54) is 13.5 Å². The van der Waals surface area contributed by atoms with Crippen LogP contribution in [-0.4, -0.2) is 23.0 Å². The molecule has 1 heterocycles. The first-order valence-corrected chi connectivity index (χ1v) is 5.46. The van der Waals surface area contributed by atoms with Crippen LogP contribution in [0, 0.1) is 0 Å². The fraction of sp³-hybridized carbons (Fsp3) is 0.545. The summed E-state index contributed by atoms with van der Waals surface area (Å²) in [6.45, 7) is 0. The van der Waals surface area contributed by atoms with E-state index in [2.05, 4.69) is 14.7 Å². The number of carbonyl (C=O) groups excluding carboxylic acids is 1. The Kier molecular flexibility index (Phi) is 3.03. The third-order valence-electron chi connectivity index (χ3n) is 2.78. The molecule has 0 amide bonds. The van der Waals surface area contributed by atoms with E-state index in [4.69, 9.17) is 5.73 Å². The monoisotopic (exact) mass is 221 g/mol. The molecule has 5 heteroatoms. The van der Waals surface area contributed by atoms with Gasteiger partial charge in [0.25, 0.3) is 0 Å². The molecule has 5 nitrogen and oxygen atoms in total. The first-order chi connectivity index (χ1) is 7.72. The predicted octanol–water partition coefficient (Wildman–Crippen LogP) is 1.11. The number of ether oxygens (including phenoxy) is 1. The number of carbonyl (C=O) groups is 1. The Hall–Kier alpha value is -1.65. The minimum absolute atomic E-state index is 0.142. The van der Waals surface area contributed by atoms with Gasteiger partial charge in [0, 0.05) is 0 Å². The second kappa shape index (κ2) is 4.47. The molecule has 86 valence electrons. The van der Waals surface area contributed by atoms with Gasteiger partial charge in [-0.25, -0.2) is 14.8 Å². The SMILES string of the molecule is COC(=O)c1nc2c(nc1N)CCCCC2. The highest BCUT2D eigenvalue weighted by Gasteiger charge is 2.19. The Bertz CT molecular complexity index is 418. The number of anilines is 1. The highest BCUT2D eigenvalue weighted by molar-refractivity contribution is 5.91. The molecule has 0 aromatic carbocycles. The van der Waals surface area contributed by atoms with Crippen LogP contribution in [0.3, 0.4) is 0 Å². The maximum atomic E-state index is 11.4. The number of nitrogens with zero attached hydrogens (tertiary/aromatic N) is 2. The molecule has 2 N–H and O–H groups in total. The second-order valence-electron chi connectivity index (χ2n) is 3.90. The van der Waals surface area contributed by atoms with Gasteiger partial charge in [0.15, 0.2) is 11.5 Å². The van der Waals surface area contributed by atoms with E-state index in [0.29, 0.717) is 0 Å². The molecule has 1 aliphatic rings. The van der Waals surface area contributed by atoms with E-state index < -0.39 is 5.97 Å². The smallest absolute Gasteiger partial charge is 0.360 e. The molecular formula is C11H15N3O2. The first-order valence-electron chi connectivity index (χ1n) is 5.46. The van der Waals surface area contributed by atoms with Crippen molar-refractivity contribution in [2.24, 2.45) is 0 Å². The van der Waals surface area contributed by atoms with Crippen molar-refractivity contribution >= 4 is 11.8 Å². The van der Waals surface area contributed by atoms with Crippen molar-refractivity contribution in [1.82, 2.24) is 9.97 Å². The van der Waals surface area contributed by atoms with Crippen LogP contribution in [0.4, 0.5) is 5.82 Å². The number of aryl methyl sites for hydroxylation is 2. The number of aromatic nitrogens is 2. The lowest BCUT2D eigenvalue weighted by molar-refractivity contribution is 0.0594. The summed E-state index contributed by atoms with van der Waals surface area (Å²) in [6, 6.07) is 0. The lowest BCUT2D eigenvalue weighted by Gasteiger charge is -2.08. The van der Waals surface area contributed by atoms with Gasteiger partial charge in [-0.05, 0) is 25.7 Å². The predicted molar refractivity (Wildman–Crippen MR) is 59.0 cm³/mol. The number of hydrogen-bond donors (Lipinski definition) is 1. The first kappa shape index (κ1) is 10.9. The molecule has 0 saturated carbocycles. The molecule has 0 spiro atoms. The topological polar surface area (TPSA) is 78.1 Å². The van der Waals surface area contributed by atoms with Crippen LogP contribution in [-0.2, 0) is 17.6 Å². The number of nitrogen functional groups attached to an aromatic ring is 1. The second-order valence-corrected chi connectivity index (χ2v) is 3.90. The molecule has 0 radical (unpaired) electrons. The van der Waals surface area contributed by atoms with Crippen LogP contribution < -0.4 is 5.73 Å². The number of methoxy groups -OCH3 is 1. The summed E-state index contributed by atoms with van der Waals surface area (Å²) in [4.78, 5) is 19.9. The lowest BCUT2D eigenvalue weighted by Crippen LogP contribution is -2.14. The van der Waals surface area contributed by atoms with Gasteiger partial charge in [0.1, 0.15) is 0 Å². The average Bonchev–Trinajstić information content (AvgIpc) is 2.51. The third-order valence-corrected chi connectivity index (χ3v) is 2.78. The van der Waals surface area contributed by atoms with Gasteiger partial charge >= 0.3 is 5.97 Å². The van der Waals surface area contributed by atoms with E-state index in [1.807, 2.05) is 0 Å². The molecule has 0 unspecified atom stereocenters. The number of esters is 1. The zero-order valence-corrected chi connectivity index (χ0v) is 9.32. The van der Waals surface area contributed by atoms with Crippen molar-refractivity contribution in [2.45, 2.75) is 32.1 Å². The average molecular weight is 221 g/mol. The van der Waals surface area contributed by atoms with Gasteiger partial charge in [0.2, 0.25) is 0 Å². The number of fused-ring (bicyclic) bond motifs is 1. The van der Waals surface area contributed by atoms with Crippen molar-refractivity contribution in [3.05, 3.63) is 17.1 Å². The standard InChI is InChI=1S/C11H15N3O2/c1-16-11(15)9-10(12)14-8-6-4-2-3-5-7(8)13-9/h2-6H2,1H3,(H2,12,14). The van der Waals surface area contributed by atoms with Gasteiger partial charge in [-0.3, -0.25) is 0 Å². The van der Waals surface area contributed by atoms with Gasteiger partial charge in [-0.1, -0.05) is 6.42 Å². The number of hydrogen-bond acceptors (Lipinski definition) is 5. The Balaban J connectivity index is 2.42. The van der Waals surface area contributed by atoms with Crippen molar-refractivity contribution in [3.63, 3.8) is 0 Å². The van der Waals surface area contributed by atoms with Crippen LogP contribution in [0.25, 0.3) is 0 Å². The van der Waals surface area contributed by atoms with Crippen molar-refractivity contribution < 1.29 is 9.53 Å². The van der Waals surface area contributed by atoms with Crippen molar-refractivity contribution in [1.29, 1.82) is 0 Å². The summed E-state index contributed by atoms with van der Waals surface area (Å²) in [5, 5.41) is 0. The van der Waals surface area contributed by atoms with Crippen molar-refractivity contribution in [3.8, 4) is 0 Å². The zero-order chi connectivity index (χ0) is 11.5. The van der Waals surface area contributed by atoms with Gasteiger partial charge in [-0.15, -0.1) is 0 Å². The van der Waals surface area contributed by atoms with Crippen LogP contribution >= 0.6 is 0 Å². The molecule has 1 aromatic rings. The summed E-state index contributed by atoms with van der Waals surface area (Å²) in [5.41, 5.74) is 7.67. The zero-order valence-electron chi connectivity index (χ0n) is 9.32. The Morgan fingerprint density at radius 2 is 1.81 bits per heavy atom. The molecule has 2 rings (SSSR count). The highest BCUT2D eigenvalue weighted by Crippen LogP contribution is 2.20. The summed E-state index contributed by atoms with van der Waals surface area (Å²) in [5.74, 6) is -0.343. The maximum absolute atomic E-state index is 11.4.